The number of rotatable bonds is 2. The highest BCUT2D eigenvalue weighted by molar-refractivity contribution is 6.31. The first-order valence-corrected chi connectivity index (χ1v) is 7.37. The molecule has 0 fully saturated rings. The van der Waals surface area contributed by atoms with Crippen LogP contribution in [0.25, 0.3) is 33.1 Å². The largest absolute Gasteiger partial charge is 0.456 e. The van der Waals surface area contributed by atoms with Gasteiger partial charge in [0.1, 0.15) is 11.2 Å². The Bertz CT molecular complexity index is 1070. The molecule has 5 heteroatoms. The van der Waals surface area contributed by atoms with Crippen LogP contribution in [0, 0.1) is 10.1 Å². The molecule has 0 unspecified atom stereocenters. The monoisotopic (exact) mass is 323 g/mol. The topological polar surface area (TPSA) is 56.3 Å². The lowest BCUT2D eigenvalue weighted by Crippen LogP contribution is -1.91. The number of furan rings is 1. The van der Waals surface area contributed by atoms with Gasteiger partial charge in [-0.1, -0.05) is 35.9 Å². The van der Waals surface area contributed by atoms with Gasteiger partial charge < -0.3 is 4.42 Å². The SMILES string of the molecule is O=[N+]([O-])c1cc(Cl)ccc1-c1ccc2oc3ccccc3c2c1. The van der Waals surface area contributed by atoms with E-state index in [-0.39, 0.29) is 5.69 Å². The standard InChI is InChI=1S/C18H10ClNO3/c19-12-6-7-13(16(10-12)20(21)22)11-5-8-18-15(9-11)14-3-1-2-4-17(14)23-18/h1-10H. The molecule has 0 radical (unpaired) electrons. The minimum absolute atomic E-state index is 0.00958. The van der Waals surface area contributed by atoms with Gasteiger partial charge in [0.15, 0.2) is 0 Å². The van der Waals surface area contributed by atoms with Gasteiger partial charge in [0.25, 0.3) is 5.69 Å². The Hall–Kier alpha value is -2.85. The van der Waals surface area contributed by atoms with Crippen LogP contribution < -0.4 is 0 Å². The Morgan fingerprint density at radius 3 is 2.52 bits per heavy atom. The number of halogens is 1. The zero-order chi connectivity index (χ0) is 16.0. The lowest BCUT2D eigenvalue weighted by molar-refractivity contribution is -0.384. The summed E-state index contributed by atoms with van der Waals surface area (Å²) in [5.41, 5.74) is 2.83. The molecule has 0 aliphatic heterocycles. The van der Waals surface area contributed by atoms with Crippen molar-refractivity contribution in [3.05, 3.63) is 75.8 Å². The average Bonchev–Trinajstić information content (AvgIpc) is 2.92. The van der Waals surface area contributed by atoms with Gasteiger partial charge in [0.05, 0.1) is 10.5 Å². The third kappa shape index (κ3) is 2.24. The number of para-hydroxylation sites is 1. The van der Waals surface area contributed by atoms with Gasteiger partial charge in [-0.3, -0.25) is 10.1 Å². The van der Waals surface area contributed by atoms with Crippen molar-refractivity contribution >= 4 is 39.2 Å². The third-order valence-electron chi connectivity index (χ3n) is 3.84. The molecule has 4 nitrogen and oxygen atoms in total. The number of nitrogens with zero attached hydrogens (tertiary/aromatic N) is 1. The number of fused-ring (bicyclic) bond motifs is 3. The molecular formula is C18H10ClNO3. The second-order valence-electron chi connectivity index (χ2n) is 5.23. The highest BCUT2D eigenvalue weighted by Crippen LogP contribution is 2.36. The van der Waals surface area contributed by atoms with Crippen LogP contribution in [0.5, 0.6) is 0 Å². The smallest absolute Gasteiger partial charge is 0.278 e. The van der Waals surface area contributed by atoms with Crippen LogP contribution in [0.15, 0.2) is 65.1 Å². The maximum absolute atomic E-state index is 11.3. The summed E-state index contributed by atoms with van der Waals surface area (Å²) < 4.78 is 5.79. The Morgan fingerprint density at radius 2 is 1.70 bits per heavy atom. The van der Waals surface area contributed by atoms with E-state index < -0.39 is 4.92 Å². The van der Waals surface area contributed by atoms with Gasteiger partial charge in [-0.2, -0.15) is 0 Å². The molecule has 0 saturated carbocycles. The number of hydrogen-bond donors (Lipinski definition) is 0. The Labute approximate surface area is 136 Å². The van der Waals surface area contributed by atoms with E-state index in [0.717, 1.165) is 27.5 Å². The molecule has 1 aromatic heterocycles. The van der Waals surface area contributed by atoms with Crippen molar-refractivity contribution in [1.29, 1.82) is 0 Å². The van der Waals surface area contributed by atoms with Crippen molar-refractivity contribution in [3.63, 3.8) is 0 Å². The lowest BCUT2D eigenvalue weighted by Gasteiger charge is -2.04. The number of benzene rings is 3. The van der Waals surface area contributed by atoms with Gasteiger partial charge in [-0.05, 0) is 35.9 Å². The van der Waals surface area contributed by atoms with Crippen LogP contribution >= 0.6 is 11.6 Å². The molecule has 1 heterocycles. The minimum atomic E-state index is -0.418. The molecule has 4 rings (SSSR count). The molecule has 0 N–H and O–H groups in total. The van der Waals surface area contributed by atoms with Gasteiger partial charge in [-0.15, -0.1) is 0 Å². The van der Waals surface area contributed by atoms with Crippen LogP contribution in [0.1, 0.15) is 0 Å². The quantitative estimate of drug-likeness (QED) is 0.345. The number of nitro groups is 1. The summed E-state index contributed by atoms with van der Waals surface area (Å²) in [4.78, 5) is 10.9. The fourth-order valence-corrected chi connectivity index (χ4v) is 2.96. The summed E-state index contributed by atoms with van der Waals surface area (Å²) in [6.45, 7) is 0. The molecule has 0 amide bonds. The Kier molecular flexibility index (Phi) is 3.06. The first-order chi connectivity index (χ1) is 11.1. The fourth-order valence-electron chi connectivity index (χ4n) is 2.79. The summed E-state index contributed by atoms with van der Waals surface area (Å²) in [5, 5.41) is 13.6. The molecule has 0 atom stereocenters. The second-order valence-corrected chi connectivity index (χ2v) is 5.66. The molecule has 3 aromatic carbocycles. The van der Waals surface area contributed by atoms with E-state index in [2.05, 4.69) is 0 Å². The first-order valence-electron chi connectivity index (χ1n) is 6.99. The van der Waals surface area contributed by atoms with Crippen LogP contribution in [-0.2, 0) is 0 Å². The minimum Gasteiger partial charge on any atom is -0.456 e. The van der Waals surface area contributed by atoms with E-state index >= 15 is 0 Å². The van der Waals surface area contributed by atoms with Crippen LogP contribution in [0.3, 0.4) is 0 Å². The summed E-state index contributed by atoms with van der Waals surface area (Å²) in [6, 6.07) is 18.0. The van der Waals surface area contributed by atoms with Crippen molar-refractivity contribution in [2.24, 2.45) is 0 Å². The summed E-state index contributed by atoms with van der Waals surface area (Å²) >= 11 is 5.88. The van der Waals surface area contributed by atoms with Gasteiger partial charge >= 0.3 is 0 Å². The zero-order valence-corrected chi connectivity index (χ0v) is 12.6. The van der Waals surface area contributed by atoms with E-state index in [1.165, 1.54) is 6.07 Å². The van der Waals surface area contributed by atoms with Crippen molar-refractivity contribution in [2.75, 3.05) is 0 Å². The Balaban J connectivity index is 2.00. The predicted octanol–water partition coefficient (Wildman–Crippen LogP) is 5.81. The number of nitro benzene ring substituents is 1. The molecule has 0 saturated heterocycles. The molecular weight excluding hydrogens is 314 g/mol. The highest BCUT2D eigenvalue weighted by Gasteiger charge is 2.17. The van der Waals surface area contributed by atoms with E-state index in [1.54, 1.807) is 12.1 Å². The second kappa shape index (κ2) is 5.11. The van der Waals surface area contributed by atoms with E-state index in [0.29, 0.717) is 10.6 Å². The predicted molar refractivity (Wildman–Crippen MR) is 90.8 cm³/mol. The van der Waals surface area contributed by atoms with Crippen molar-refractivity contribution in [2.45, 2.75) is 0 Å². The Morgan fingerprint density at radius 1 is 0.913 bits per heavy atom. The third-order valence-corrected chi connectivity index (χ3v) is 4.08. The summed E-state index contributed by atoms with van der Waals surface area (Å²) in [6.07, 6.45) is 0. The molecule has 0 aliphatic carbocycles. The van der Waals surface area contributed by atoms with E-state index in [1.807, 2.05) is 42.5 Å². The van der Waals surface area contributed by atoms with E-state index in [9.17, 15) is 10.1 Å². The van der Waals surface area contributed by atoms with Crippen LogP contribution in [-0.4, -0.2) is 4.92 Å². The van der Waals surface area contributed by atoms with Crippen molar-refractivity contribution in [1.82, 2.24) is 0 Å². The molecule has 112 valence electrons. The van der Waals surface area contributed by atoms with Gasteiger partial charge in [0, 0.05) is 21.9 Å². The van der Waals surface area contributed by atoms with Crippen molar-refractivity contribution < 1.29 is 9.34 Å². The highest BCUT2D eigenvalue weighted by atomic mass is 35.5. The summed E-state index contributed by atoms with van der Waals surface area (Å²) in [7, 11) is 0. The fraction of sp³-hybridized carbons (Fsp3) is 0. The van der Waals surface area contributed by atoms with Gasteiger partial charge in [0.2, 0.25) is 0 Å². The molecule has 0 spiro atoms. The van der Waals surface area contributed by atoms with Crippen LogP contribution in [0.2, 0.25) is 5.02 Å². The maximum Gasteiger partial charge on any atom is 0.278 e. The van der Waals surface area contributed by atoms with E-state index in [4.69, 9.17) is 16.0 Å². The van der Waals surface area contributed by atoms with Gasteiger partial charge in [-0.25, -0.2) is 0 Å². The molecule has 0 bridgehead atoms. The summed E-state index contributed by atoms with van der Waals surface area (Å²) in [5.74, 6) is 0. The number of hydrogen-bond acceptors (Lipinski definition) is 3. The normalized spacial score (nSPS) is 11.2. The van der Waals surface area contributed by atoms with Crippen molar-refractivity contribution in [3.8, 4) is 11.1 Å². The van der Waals surface area contributed by atoms with Crippen LogP contribution in [0.4, 0.5) is 5.69 Å². The maximum atomic E-state index is 11.3. The molecule has 4 aromatic rings. The molecule has 23 heavy (non-hydrogen) atoms. The molecule has 0 aliphatic rings. The average molecular weight is 324 g/mol. The zero-order valence-electron chi connectivity index (χ0n) is 11.8. The first kappa shape index (κ1) is 13.8. The lowest BCUT2D eigenvalue weighted by atomic mass is 10.0.